The molecular weight excluding hydrogens is 921 g/mol. The first kappa shape index (κ1) is 44.4. The van der Waals surface area contributed by atoms with Crippen molar-refractivity contribution >= 4 is 43.6 Å². The second-order valence-corrected chi connectivity index (χ2v) is 19.4. The summed E-state index contributed by atoms with van der Waals surface area (Å²) in [6, 6.07) is 99.7. The van der Waals surface area contributed by atoms with Crippen molar-refractivity contribution in [3.05, 3.63) is 285 Å². The van der Waals surface area contributed by atoms with Crippen LogP contribution >= 0.6 is 0 Å². The molecule has 0 spiro atoms. The van der Waals surface area contributed by atoms with Gasteiger partial charge in [-0.3, -0.25) is 4.98 Å². The highest BCUT2D eigenvalue weighted by atomic mass is 15.0. The SMILES string of the molecule is N#Cc1cccc(-c2cc(-c3ccccc3-n3c4ccc(-c5ccccc5)cc4c4cc(-c5ccccc5)ccc43)ncc2-c2ccccc2-n2c3ccc(-c4ccccc4)cc3c3cc(-c4ccccc4)ccc32)c1. The van der Waals surface area contributed by atoms with Crippen LogP contribution < -0.4 is 0 Å². The molecule has 354 valence electrons. The Kier molecular flexibility index (Phi) is 10.9. The van der Waals surface area contributed by atoms with Crippen molar-refractivity contribution in [2.24, 2.45) is 0 Å². The molecule has 11 aromatic carbocycles. The van der Waals surface area contributed by atoms with Crippen molar-refractivity contribution in [2.45, 2.75) is 0 Å². The summed E-state index contributed by atoms with van der Waals surface area (Å²) in [7, 11) is 0. The zero-order valence-corrected chi connectivity index (χ0v) is 41.3. The molecule has 0 N–H and O–H groups in total. The molecule has 0 bridgehead atoms. The van der Waals surface area contributed by atoms with Crippen LogP contribution in [0.4, 0.5) is 0 Å². The lowest BCUT2D eigenvalue weighted by molar-refractivity contribution is 1.17. The van der Waals surface area contributed by atoms with Gasteiger partial charge in [0, 0.05) is 44.4 Å². The van der Waals surface area contributed by atoms with E-state index >= 15 is 0 Å². The zero-order chi connectivity index (χ0) is 50.5. The van der Waals surface area contributed by atoms with Crippen LogP contribution in [0.1, 0.15) is 5.56 Å². The molecule has 4 heteroatoms. The predicted molar refractivity (Wildman–Crippen MR) is 316 cm³/mol. The Hall–Kier alpha value is -10.3. The van der Waals surface area contributed by atoms with E-state index in [1.54, 1.807) is 0 Å². The maximum absolute atomic E-state index is 10.3. The van der Waals surface area contributed by atoms with Crippen molar-refractivity contribution in [3.63, 3.8) is 0 Å². The van der Waals surface area contributed by atoms with Gasteiger partial charge in [-0.05, 0) is 134 Å². The molecule has 0 fully saturated rings. The van der Waals surface area contributed by atoms with Gasteiger partial charge in [0.25, 0.3) is 0 Å². The average Bonchev–Trinajstić information content (AvgIpc) is 4.11. The summed E-state index contributed by atoms with van der Waals surface area (Å²) in [6.07, 6.45) is 2.04. The number of rotatable bonds is 9. The predicted octanol–water partition coefficient (Wildman–Crippen LogP) is 18.8. The van der Waals surface area contributed by atoms with Crippen molar-refractivity contribution < 1.29 is 0 Å². The monoisotopic (exact) mass is 966 g/mol. The third-order valence-electron chi connectivity index (χ3n) is 15.0. The highest BCUT2D eigenvalue weighted by Crippen LogP contribution is 2.44. The molecule has 0 aliphatic heterocycles. The lowest BCUT2D eigenvalue weighted by Gasteiger charge is -2.19. The van der Waals surface area contributed by atoms with Gasteiger partial charge in [-0.25, -0.2) is 0 Å². The maximum Gasteiger partial charge on any atom is 0.0991 e. The Bertz CT molecular complexity index is 4370. The van der Waals surface area contributed by atoms with Gasteiger partial charge in [0.2, 0.25) is 0 Å². The highest BCUT2D eigenvalue weighted by Gasteiger charge is 2.23. The number of fused-ring (bicyclic) bond motifs is 6. The van der Waals surface area contributed by atoms with E-state index < -0.39 is 0 Å². The number of benzene rings is 11. The van der Waals surface area contributed by atoms with Gasteiger partial charge in [0.05, 0.1) is 50.8 Å². The van der Waals surface area contributed by atoms with E-state index in [0.717, 1.165) is 67.0 Å². The van der Waals surface area contributed by atoms with Crippen LogP contribution in [0.3, 0.4) is 0 Å². The largest absolute Gasteiger partial charge is 0.309 e. The van der Waals surface area contributed by atoms with Gasteiger partial charge in [0.15, 0.2) is 0 Å². The van der Waals surface area contributed by atoms with Crippen molar-refractivity contribution in [2.75, 3.05) is 0 Å². The molecule has 0 unspecified atom stereocenters. The zero-order valence-electron chi connectivity index (χ0n) is 41.3. The van der Waals surface area contributed by atoms with Crippen LogP contribution in [0, 0.1) is 11.3 Å². The van der Waals surface area contributed by atoms with Crippen LogP contribution in [-0.4, -0.2) is 14.1 Å². The summed E-state index contributed by atoms with van der Waals surface area (Å²) < 4.78 is 4.82. The van der Waals surface area contributed by atoms with E-state index in [1.807, 2.05) is 24.4 Å². The van der Waals surface area contributed by atoms with Crippen LogP contribution in [0.2, 0.25) is 0 Å². The molecule has 14 aromatic rings. The normalized spacial score (nSPS) is 11.4. The number of hydrogen-bond donors (Lipinski definition) is 0. The fourth-order valence-corrected chi connectivity index (χ4v) is 11.4. The van der Waals surface area contributed by atoms with E-state index in [-0.39, 0.29) is 0 Å². The number of para-hydroxylation sites is 2. The van der Waals surface area contributed by atoms with Crippen molar-refractivity contribution in [3.8, 4) is 95.5 Å². The number of pyridine rings is 1. The number of nitrogens with zero attached hydrogens (tertiary/aromatic N) is 4. The minimum atomic E-state index is 0.594. The number of hydrogen-bond acceptors (Lipinski definition) is 2. The fourth-order valence-electron chi connectivity index (χ4n) is 11.4. The molecule has 0 atom stereocenters. The molecule has 3 aromatic heterocycles. The van der Waals surface area contributed by atoms with Crippen LogP contribution in [0.15, 0.2) is 279 Å². The second-order valence-electron chi connectivity index (χ2n) is 19.4. The third kappa shape index (κ3) is 7.66. The first-order valence-corrected chi connectivity index (χ1v) is 25.7. The van der Waals surface area contributed by atoms with Crippen molar-refractivity contribution in [1.82, 2.24) is 14.1 Å². The third-order valence-corrected chi connectivity index (χ3v) is 15.0. The Morgan fingerprint density at radius 1 is 0.276 bits per heavy atom. The first-order chi connectivity index (χ1) is 37.6. The number of nitriles is 1. The molecule has 0 saturated heterocycles. The van der Waals surface area contributed by atoms with E-state index in [9.17, 15) is 5.26 Å². The molecule has 0 radical (unpaired) electrons. The Morgan fingerprint density at radius 2 is 0.645 bits per heavy atom. The van der Waals surface area contributed by atoms with E-state index in [2.05, 4.69) is 270 Å². The standard InChI is InChI=1S/C72H46N4/c73-46-48-18-17-27-57(40-48)60-45-66(59-29-14-16-31-68(59)76-71-38-34-55(51-23-9-3-10-24-51)43-63(71)64-44-56(35-39-72(64)76)52-25-11-4-12-26-52)74-47-65(60)58-28-13-15-30-67(58)75-69-36-32-53(49-19-5-1-6-20-49)41-61(69)62-42-54(33-37-70(62)75)50-21-7-2-8-22-50/h1-45,47H. The van der Waals surface area contributed by atoms with Gasteiger partial charge < -0.3 is 9.13 Å². The molecular formula is C72H46N4. The van der Waals surface area contributed by atoms with Gasteiger partial charge in [-0.2, -0.15) is 5.26 Å². The first-order valence-electron chi connectivity index (χ1n) is 25.7. The number of aromatic nitrogens is 3. The minimum absolute atomic E-state index is 0.594. The fraction of sp³-hybridized carbons (Fsp3) is 0. The van der Waals surface area contributed by atoms with Crippen LogP contribution in [0.5, 0.6) is 0 Å². The minimum Gasteiger partial charge on any atom is -0.309 e. The highest BCUT2D eigenvalue weighted by molar-refractivity contribution is 6.14. The van der Waals surface area contributed by atoms with Crippen molar-refractivity contribution in [1.29, 1.82) is 5.26 Å². The lowest BCUT2D eigenvalue weighted by Crippen LogP contribution is -2.01. The van der Waals surface area contributed by atoms with E-state index in [0.29, 0.717) is 5.56 Å². The molecule has 4 nitrogen and oxygen atoms in total. The van der Waals surface area contributed by atoms with Gasteiger partial charge in [-0.15, -0.1) is 0 Å². The van der Waals surface area contributed by atoms with Crippen LogP contribution in [0.25, 0.3) is 133 Å². The summed E-state index contributed by atoms with van der Waals surface area (Å²) in [4.78, 5) is 5.44. The topological polar surface area (TPSA) is 46.5 Å². The summed E-state index contributed by atoms with van der Waals surface area (Å²) in [5, 5.41) is 15.0. The maximum atomic E-state index is 10.3. The Balaban J connectivity index is 0.973. The lowest BCUT2D eigenvalue weighted by atomic mass is 9.92. The molecule has 0 aliphatic rings. The van der Waals surface area contributed by atoms with E-state index in [1.165, 1.54) is 66.1 Å². The Morgan fingerprint density at radius 3 is 1.07 bits per heavy atom. The molecule has 0 saturated carbocycles. The molecule has 0 amide bonds. The van der Waals surface area contributed by atoms with Gasteiger partial charge in [-0.1, -0.05) is 194 Å². The molecule has 14 rings (SSSR count). The Labute approximate surface area is 440 Å². The van der Waals surface area contributed by atoms with Gasteiger partial charge in [0.1, 0.15) is 0 Å². The van der Waals surface area contributed by atoms with Gasteiger partial charge >= 0.3 is 0 Å². The molecule has 0 aliphatic carbocycles. The summed E-state index contributed by atoms with van der Waals surface area (Å²) in [5.41, 5.74) is 22.2. The average molecular weight is 967 g/mol. The quantitative estimate of drug-likeness (QED) is 0.145. The summed E-state index contributed by atoms with van der Waals surface area (Å²) >= 11 is 0. The second kappa shape index (κ2) is 18.6. The smallest absolute Gasteiger partial charge is 0.0991 e. The summed E-state index contributed by atoms with van der Waals surface area (Å²) in [6.45, 7) is 0. The van der Waals surface area contributed by atoms with E-state index in [4.69, 9.17) is 4.98 Å². The molecule has 3 heterocycles. The molecule has 76 heavy (non-hydrogen) atoms. The summed E-state index contributed by atoms with van der Waals surface area (Å²) in [5.74, 6) is 0. The van der Waals surface area contributed by atoms with Crippen LogP contribution in [-0.2, 0) is 0 Å².